The number of alkyl carbamates (subject to hydrolysis) is 1. The Morgan fingerprint density at radius 3 is 3.15 bits per heavy atom. The topological polar surface area (TPSA) is 63.9 Å². The Bertz CT molecular complexity index is 760. The molecule has 2 aliphatic rings. The minimum atomic E-state index is -0.365. The molecule has 1 unspecified atom stereocenters. The number of carbonyl (C=O) groups excluding carboxylic acids is 1. The number of hydrogen-bond donors (Lipinski definition) is 1. The predicted molar refractivity (Wildman–Crippen MR) is 101 cm³/mol. The second-order valence-corrected chi connectivity index (χ2v) is 7.19. The number of carbonyl (C=O) groups is 1. The number of rotatable bonds is 6. The fourth-order valence-corrected chi connectivity index (χ4v) is 3.81. The third-order valence-electron chi connectivity index (χ3n) is 5.29. The molecule has 0 saturated carbocycles. The summed E-state index contributed by atoms with van der Waals surface area (Å²) in [5.74, 6) is 1.90. The van der Waals surface area contributed by atoms with E-state index in [1.54, 1.807) is 6.26 Å². The first-order chi connectivity index (χ1) is 13.3. The van der Waals surface area contributed by atoms with Crippen molar-refractivity contribution in [3.63, 3.8) is 0 Å². The van der Waals surface area contributed by atoms with Crippen molar-refractivity contribution in [3.8, 4) is 5.75 Å². The average molecular weight is 370 g/mol. The molecule has 2 aliphatic heterocycles. The zero-order chi connectivity index (χ0) is 18.5. The van der Waals surface area contributed by atoms with Gasteiger partial charge < -0.3 is 19.2 Å². The summed E-state index contributed by atoms with van der Waals surface area (Å²) in [5.41, 5.74) is 2.27. The summed E-state index contributed by atoms with van der Waals surface area (Å²) in [6.07, 6.45) is 5.64. The van der Waals surface area contributed by atoms with Crippen molar-refractivity contribution in [1.82, 2.24) is 10.2 Å². The molecule has 144 valence electrons. The first-order valence-electron chi connectivity index (χ1n) is 9.69. The second-order valence-electron chi connectivity index (χ2n) is 7.19. The van der Waals surface area contributed by atoms with E-state index in [0.717, 1.165) is 49.6 Å². The van der Waals surface area contributed by atoms with Crippen LogP contribution in [0.2, 0.25) is 0 Å². The van der Waals surface area contributed by atoms with Crippen molar-refractivity contribution in [2.75, 3.05) is 19.8 Å². The van der Waals surface area contributed by atoms with Gasteiger partial charge in [-0.3, -0.25) is 4.90 Å². The maximum atomic E-state index is 12.1. The van der Waals surface area contributed by atoms with E-state index in [-0.39, 0.29) is 12.1 Å². The lowest BCUT2D eigenvalue weighted by Gasteiger charge is -2.34. The van der Waals surface area contributed by atoms with Gasteiger partial charge in [-0.15, -0.1) is 0 Å². The molecule has 0 radical (unpaired) electrons. The molecule has 0 spiro atoms. The van der Waals surface area contributed by atoms with E-state index in [2.05, 4.69) is 16.3 Å². The van der Waals surface area contributed by atoms with Gasteiger partial charge in [0.15, 0.2) is 0 Å². The fraction of sp³-hybridized carbons (Fsp3) is 0.476. The molecule has 1 atom stereocenters. The van der Waals surface area contributed by atoms with Crippen molar-refractivity contribution < 1.29 is 18.7 Å². The predicted octanol–water partition coefficient (Wildman–Crippen LogP) is 3.50. The minimum Gasteiger partial charge on any atom is -0.493 e. The summed E-state index contributed by atoms with van der Waals surface area (Å²) in [5, 5.41) is 2.85. The SMILES string of the molecule is O=C(NCc1ccc2c(c1)CCO2)OCC1CCCCN1Cc1ccco1. The molecule has 1 fully saturated rings. The Labute approximate surface area is 159 Å². The Morgan fingerprint density at radius 2 is 2.26 bits per heavy atom. The quantitative estimate of drug-likeness (QED) is 0.843. The third-order valence-corrected chi connectivity index (χ3v) is 5.29. The van der Waals surface area contributed by atoms with Gasteiger partial charge in [-0.1, -0.05) is 18.6 Å². The van der Waals surface area contributed by atoms with Crippen LogP contribution in [0.25, 0.3) is 0 Å². The lowest BCUT2D eigenvalue weighted by Crippen LogP contribution is -2.43. The van der Waals surface area contributed by atoms with Gasteiger partial charge in [-0.2, -0.15) is 0 Å². The zero-order valence-electron chi connectivity index (χ0n) is 15.5. The maximum absolute atomic E-state index is 12.1. The van der Waals surface area contributed by atoms with Crippen LogP contribution in [-0.4, -0.2) is 36.8 Å². The van der Waals surface area contributed by atoms with E-state index in [9.17, 15) is 4.79 Å². The second kappa shape index (κ2) is 8.48. The molecule has 0 aliphatic carbocycles. The molecule has 6 nitrogen and oxygen atoms in total. The number of piperidine rings is 1. The van der Waals surface area contributed by atoms with Crippen LogP contribution in [0.15, 0.2) is 41.0 Å². The summed E-state index contributed by atoms with van der Waals surface area (Å²) in [7, 11) is 0. The van der Waals surface area contributed by atoms with Crippen molar-refractivity contribution >= 4 is 6.09 Å². The lowest BCUT2D eigenvalue weighted by molar-refractivity contribution is 0.0599. The highest BCUT2D eigenvalue weighted by molar-refractivity contribution is 5.67. The molecule has 0 bridgehead atoms. The molecule has 27 heavy (non-hydrogen) atoms. The third kappa shape index (κ3) is 4.63. The summed E-state index contributed by atoms with van der Waals surface area (Å²) in [4.78, 5) is 14.5. The van der Waals surface area contributed by atoms with Crippen LogP contribution in [0, 0.1) is 0 Å². The number of benzene rings is 1. The van der Waals surface area contributed by atoms with Gasteiger partial charge in [0.25, 0.3) is 0 Å². The van der Waals surface area contributed by atoms with E-state index in [0.29, 0.717) is 13.2 Å². The number of fused-ring (bicyclic) bond motifs is 1. The van der Waals surface area contributed by atoms with E-state index < -0.39 is 0 Å². The molecule has 2 aromatic rings. The van der Waals surface area contributed by atoms with Crippen LogP contribution in [0.4, 0.5) is 4.79 Å². The van der Waals surface area contributed by atoms with Crippen molar-refractivity contribution in [2.45, 2.75) is 44.8 Å². The van der Waals surface area contributed by atoms with E-state index in [4.69, 9.17) is 13.9 Å². The van der Waals surface area contributed by atoms with Crippen LogP contribution < -0.4 is 10.1 Å². The Kier molecular flexibility index (Phi) is 5.63. The van der Waals surface area contributed by atoms with Crippen LogP contribution in [-0.2, 0) is 24.2 Å². The smallest absolute Gasteiger partial charge is 0.407 e. The lowest BCUT2D eigenvalue weighted by atomic mass is 10.0. The zero-order valence-corrected chi connectivity index (χ0v) is 15.5. The van der Waals surface area contributed by atoms with Crippen molar-refractivity contribution in [2.24, 2.45) is 0 Å². The molecular weight excluding hydrogens is 344 g/mol. The molecule has 1 aromatic carbocycles. The normalized spacial score (nSPS) is 19.3. The van der Waals surface area contributed by atoms with Gasteiger partial charge in [0, 0.05) is 19.0 Å². The standard InChI is InChI=1S/C21H26N2O4/c24-21(22-13-16-6-7-20-17(12-16)8-11-26-20)27-15-18-4-1-2-9-23(18)14-19-5-3-10-25-19/h3,5-7,10,12,18H,1-2,4,8-9,11,13-15H2,(H,22,24). The summed E-state index contributed by atoms with van der Waals surface area (Å²) in [6.45, 7) is 3.38. The van der Waals surface area contributed by atoms with Crippen LogP contribution in [0.3, 0.4) is 0 Å². The summed E-state index contributed by atoms with van der Waals surface area (Å²) >= 11 is 0. The molecule has 4 rings (SSSR count). The van der Waals surface area contributed by atoms with Crippen molar-refractivity contribution in [3.05, 3.63) is 53.5 Å². The number of nitrogens with one attached hydrogen (secondary N) is 1. The van der Waals surface area contributed by atoms with Gasteiger partial charge in [0.1, 0.15) is 18.1 Å². The highest BCUT2D eigenvalue weighted by atomic mass is 16.5. The van der Waals surface area contributed by atoms with Crippen LogP contribution in [0.5, 0.6) is 5.75 Å². The van der Waals surface area contributed by atoms with Crippen LogP contribution in [0.1, 0.15) is 36.1 Å². The molecule has 1 saturated heterocycles. The molecule has 3 heterocycles. The van der Waals surface area contributed by atoms with E-state index >= 15 is 0 Å². The summed E-state index contributed by atoms with van der Waals surface area (Å²) < 4.78 is 16.5. The highest BCUT2D eigenvalue weighted by Gasteiger charge is 2.24. The first-order valence-corrected chi connectivity index (χ1v) is 9.69. The number of likely N-dealkylation sites (tertiary alicyclic amines) is 1. The van der Waals surface area contributed by atoms with Gasteiger partial charge in [-0.25, -0.2) is 4.79 Å². The van der Waals surface area contributed by atoms with Gasteiger partial charge in [-0.05, 0) is 48.7 Å². The summed E-state index contributed by atoms with van der Waals surface area (Å²) in [6, 6.07) is 10.2. The Balaban J connectivity index is 1.24. The maximum Gasteiger partial charge on any atom is 0.407 e. The molecule has 1 N–H and O–H groups in total. The Hall–Kier alpha value is -2.47. The Morgan fingerprint density at radius 1 is 1.30 bits per heavy atom. The average Bonchev–Trinajstić information content (AvgIpc) is 3.37. The van der Waals surface area contributed by atoms with Gasteiger partial charge in [0.2, 0.25) is 0 Å². The monoisotopic (exact) mass is 370 g/mol. The van der Waals surface area contributed by atoms with Gasteiger partial charge >= 0.3 is 6.09 Å². The largest absolute Gasteiger partial charge is 0.493 e. The minimum absolute atomic E-state index is 0.242. The molecular formula is C21H26N2O4. The van der Waals surface area contributed by atoms with Gasteiger partial charge in [0.05, 0.1) is 19.4 Å². The highest BCUT2D eigenvalue weighted by Crippen LogP contribution is 2.25. The molecule has 1 aromatic heterocycles. The van der Waals surface area contributed by atoms with Crippen LogP contribution >= 0.6 is 0 Å². The number of nitrogens with zero attached hydrogens (tertiary/aromatic N) is 1. The van der Waals surface area contributed by atoms with E-state index in [1.165, 1.54) is 18.4 Å². The van der Waals surface area contributed by atoms with Crippen molar-refractivity contribution in [1.29, 1.82) is 0 Å². The fourth-order valence-electron chi connectivity index (χ4n) is 3.81. The number of ether oxygens (including phenoxy) is 2. The number of furan rings is 1. The molecule has 6 heteroatoms. The first kappa shape index (κ1) is 17.9. The number of hydrogen-bond acceptors (Lipinski definition) is 5. The number of amides is 1. The molecule has 1 amide bonds. The van der Waals surface area contributed by atoms with E-state index in [1.807, 2.05) is 24.3 Å².